The summed E-state index contributed by atoms with van der Waals surface area (Å²) in [6.07, 6.45) is 7.35. The molecule has 0 bridgehead atoms. The van der Waals surface area contributed by atoms with Gasteiger partial charge in [-0.15, -0.1) is 0 Å². The zero-order chi connectivity index (χ0) is 12.8. The molecule has 1 aromatic rings. The van der Waals surface area contributed by atoms with Crippen molar-refractivity contribution < 1.29 is 9.47 Å². The lowest BCUT2D eigenvalue weighted by Gasteiger charge is -2.40. The maximum Gasteiger partial charge on any atom is 0.119 e. The zero-order valence-corrected chi connectivity index (χ0v) is 11.5. The Morgan fingerprint density at radius 1 is 1.00 bits per heavy atom. The highest BCUT2D eigenvalue weighted by molar-refractivity contribution is 5.24. The Balaban J connectivity index is 2.35. The van der Waals surface area contributed by atoms with E-state index in [2.05, 4.69) is 30.3 Å². The van der Waals surface area contributed by atoms with Crippen molar-refractivity contribution in [1.82, 2.24) is 0 Å². The number of hydrogen-bond acceptors (Lipinski definition) is 2. The van der Waals surface area contributed by atoms with Crippen LogP contribution in [0.4, 0.5) is 0 Å². The molecule has 0 aromatic heterocycles. The summed E-state index contributed by atoms with van der Waals surface area (Å²) in [7, 11) is 3.63. The maximum absolute atomic E-state index is 5.98. The second kappa shape index (κ2) is 6.35. The largest absolute Gasteiger partial charge is 0.378 e. The molecule has 0 heterocycles. The average molecular weight is 248 g/mol. The van der Waals surface area contributed by atoms with Gasteiger partial charge in [-0.1, -0.05) is 56.0 Å². The van der Waals surface area contributed by atoms with Crippen LogP contribution in [0.5, 0.6) is 0 Å². The molecule has 1 fully saturated rings. The molecule has 1 aliphatic rings. The van der Waals surface area contributed by atoms with Crippen LogP contribution in [0.15, 0.2) is 30.3 Å². The molecule has 1 aromatic carbocycles. The van der Waals surface area contributed by atoms with Gasteiger partial charge >= 0.3 is 0 Å². The maximum atomic E-state index is 5.98. The lowest BCUT2D eigenvalue weighted by molar-refractivity contribution is -0.135. The van der Waals surface area contributed by atoms with Crippen molar-refractivity contribution >= 4 is 0 Å². The molecule has 0 saturated heterocycles. The van der Waals surface area contributed by atoms with Crippen molar-refractivity contribution in [2.75, 3.05) is 14.2 Å². The SMILES string of the molecule is COC1CCCCCCC1(OC)c1ccccc1. The third kappa shape index (κ3) is 2.60. The Morgan fingerprint density at radius 3 is 2.39 bits per heavy atom. The number of methoxy groups -OCH3 is 2. The van der Waals surface area contributed by atoms with Gasteiger partial charge in [-0.3, -0.25) is 0 Å². The third-order valence-electron chi connectivity index (χ3n) is 4.20. The average Bonchev–Trinajstić information content (AvgIpc) is 2.41. The van der Waals surface area contributed by atoms with Crippen LogP contribution in [0.1, 0.15) is 44.1 Å². The first-order valence-corrected chi connectivity index (χ1v) is 6.97. The summed E-state index contributed by atoms with van der Waals surface area (Å²) >= 11 is 0. The Morgan fingerprint density at radius 2 is 1.72 bits per heavy atom. The highest BCUT2D eigenvalue weighted by atomic mass is 16.5. The minimum Gasteiger partial charge on any atom is -0.378 e. The standard InChI is InChI=1S/C16H24O2/c1-17-15-12-8-3-4-9-13-16(15,18-2)14-10-6-5-7-11-14/h5-7,10-11,15H,3-4,8-9,12-13H2,1-2H3. The van der Waals surface area contributed by atoms with Crippen LogP contribution in [-0.2, 0) is 15.1 Å². The van der Waals surface area contributed by atoms with Crippen molar-refractivity contribution in [3.63, 3.8) is 0 Å². The summed E-state index contributed by atoms with van der Waals surface area (Å²) in [6.45, 7) is 0. The fourth-order valence-corrected chi connectivity index (χ4v) is 3.18. The molecule has 2 heteroatoms. The smallest absolute Gasteiger partial charge is 0.119 e. The van der Waals surface area contributed by atoms with Crippen molar-refractivity contribution in [1.29, 1.82) is 0 Å². The van der Waals surface area contributed by atoms with E-state index in [-0.39, 0.29) is 11.7 Å². The molecule has 0 N–H and O–H groups in total. The molecule has 0 spiro atoms. The quantitative estimate of drug-likeness (QED) is 0.807. The van der Waals surface area contributed by atoms with Crippen LogP contribution in [0, 0.1) is 0 Å². The van der Waals surface area contributed by atoms with E-state index in [0.717, 1.165) is 12.8 Å². The van der Waals surface area contributed by atoms with Crippen molar-refractivity contribution in [3.8, 4) is 0 Å². The Hall–Kier alpha value is -0.860. The lowest BCUT2D eigenvalue weighted by Crippen LogP contribution is -2.43. The molecule has 1 saturated carbocycles. The van der Waals surface area contributed by atoms with Crippen molar-refractivity contribution in [2.24, 2.45) is 0 Å². The van der Waals surface area contributed by atoms with Crippen LogP contribution >= 0.6 is 0 Å². The van der Waals surface area contributed by atoms with Crippen molar-refractivity contribution in [3.05, 3.63) is 35.9 Å². The van der Waals surface area contributed by atoms with E-state index in [1.54, 1.807) is 0 Å². The van der Waals surface area contributed by atoms with Crippen LogP contribution in [0.2, 0.25) is 0 Å². The van der Waals surface area contributed by atoms with Gasteiger partial charge in [0.15, 0.2) is 0 Å². The van der Waals surface area contributed by atoms with E-state index in [1.165, 1.54) is 31.2 Å². The van der Waals surface area contributed by atoms with Crippen LogP contribution < -0.4 is 0 Å². The van der Waals surface area contributed by atoms with E-state index >= 15 is 0 Å². The van der Waals surface area contributed by atoms with Gasteiger partial charge in [0.25, 0.3) is 0 Å². The van der Waals surface area contributed by atoms with Gasteiger partial charge in [-0.2, -0.15) is 0 Å². The number of ether oxygens (including phenoxy) is 2. The number of benzene rings is 1. The van der Waals surface area contributed by atoms with Gasteiger partial charge in [0.05, 0.1) is 6.10 Å². The minimum atomic E-state index is -0.267. The van der Waals surface area contributed by atoms with Gasteiger partial charge in [0.1, 0.15) is 5.60 Å². The molecule has 2 unspecified atom stereocenters. The van der Waals surface area contributed by atoms with Gasteiger partial charge in [0, 0.05) is 14.2 Å². The summed E-state index contributed by atoms with van der Waals surface area (Å²) < 4.78 is 11.7. The molecule has 0 aliphatic heterocycles. The predicted molar refractivity (Wildman–Crippen MR) is 73.6 cm³/mol. The molecular weight excluding hydrogens is 224 g/mol. The molecule has 1 aliphatic carbocycles. The first-order valence-electron chi connectivity index (χ1n) is 6.97. The fourth-order valence-electron chi connectivity index (χ4n) is 3.18. The normalized spacial score (nSPS) is 29.6. The Bertz CT molecular complexity index is 349. The van der Waals surface area contributed by atoms with E-state index in [0.29, 0.717) is 0 Å². The molecule has 2 nitrogen and oxygen atoms in total. The van der Waals surface area contributed by atoms with Gasteiger partial charge in [0.2, 0.25) is 0 Å². The zero-order valence-electron chi connectivity index (χ0n) is 11.5. The summed E-state index contributed by atoms with van der Waals surface area (Å²) in [4.78, 5) is 0. The highest BCUT2D eigenvalue weighted by Gasteiger charge is 2.40. The fraction of sp³-hybridized carbons (Fsp3) is 0.625. The molecule has 100 valence electrons. The topological polar surface area (TPSA) is 18.5 Å². The molecule has 2 rings (SSSR count). The van der Waals surface area contributed by atoms with Gasteiger partial charge in [-0.25, -0.2) is 0 Å². The van der Waals surface area contributed by atoms with Crippen LogP contribution in [0.25, 0.3) is 0 Å². The third-order valence-corrected chi connectivity index (χ3v) is 4.20. The highest BCUT2D eigenvalue weighted by Crippen LogP contribution is 2.39. The number of rotatable bonds is 3. The summed E-state index contributed by atoms with van der Waals surface area (Å²) in [5, 5.41) is 0. The van der Waals surface area contributed by atoms with E-state index in [4.69, 9.17) is 9.47 Å². The van der Waals surface area contributed by atoms with Gasteiger partial charge in [-0.05, 0) is 18.4 Å². The number of hydrogen-bond donors (Lipinski definition) is 0. The Kier molecular flexibility index (Phi) is 4.79. The minimum absolute atomic E-state index is 0.158. The second-order valence-corrected chi connectivity index (χ2v) is 5.14. The van der Waals surface area contributed by atoms with Crippen LogP contribution in [0.3, 0.4) is 0 Å². The van der Waals surface area contributed by atoms with Crippen LogP contribution in [-0.4, -0.2) is 20.3 Å². The lowest BCUT2D eigenvalue weighted by atomic mass is 9.79. The van der Waals surface area contributed by atoms with E-state index in [9.17, 15) is 0 Å². The Labute approximate surface area is 110 Å². The molecule has 18 heavy (non-hydrogen) atoms. The molecular formula is C16H24O2. The van der Waals surface area contributed by atoms with Crippen molar-refractivity contribution in [2.45, 2.75) is 50.2 Å². The van der Waals surface area contributed by atoms with E-state index < -0.39 is 0 Å². The van der Waals surface area contributed by atoms with E-state index in [1.807, 2.05) is 14.2 Å². The molecule has 0 amide bonds. The predicted octanol–water partition coefficient (Wildman–Crippen LogP) is 3.90. The second-order valence-electron chi connectivity index (χ2n) is 5.14. The first-order chi connectivity index (χ1) is 8.83. The summed E-state index contributed by atoms with van der Waals surface area (Å²) in [5.41, 5.74) is 0.984. The molecule has 2 atom stereocenters. The monoisotopic (exact) mass is 248 g/mol. The molecule has 0 radical (unpaired) electrons. The summed E-state index contributed by atoms with van der Waals surface area (Å²) in [5.74, 6) is 0. The van der Waals surface area contributed by atoms with Gasteiger partial charge < -0.3 is 9.47 Å². The summed E-state index contributed by atoms with van der Waals surface area (Å²) in [6, 6.07) is 10.6. The first kappa shape index (κ1) is 13.6.